The van der Waals surface area contributed by atoms with E-state index in [-0.39, 0.29) is 76.4 Å². The van der Waals surface area contributed by atoms with Crippen LogP contribution in [-0.4, -0.2) is 65.8 Å². The maximum Gasteiger partial charge on any atom is 0.334 e. The molecule has 4 fully saturated rings. The maximum absolute atomic E-state index is 14.2. The molecule has 4 aliphatic carbocycles. The van der Waals surface area contributed by atoms with E-state index in [0.29, 0.717) is 55.6 Å². The van der Waals surface area contributed by atoms with Crippen molar-refractivity contribution >= 4 is 45.4 Å². The van der Waals surface area contributed by atoms with Crippen molar-refractivity contribution in [3.05, 3.63) is 58.7 Å². The summed E-state index contributed by atoms with van der Waals surface area (Å²) >= 11 is 0. The van der Waals surface area contributed by atoms with Gasteiger partial charge in [0.05, 0.1) is 19.6 Å². The van der Waals surface area contributed by atoms with E-state index in [1.54, 1.807) is 21.6 Å². The van der Waals surface area contributed by atoms with Crippen LogP contribution in [0, 0.1) is 39.9 Å². The quantitative estimate of drug-likeness (QED) is 0.0315. The standard InChI is InChI=1S/C45H65NO9S2/c1-28(2)13-12-16-32(42(51)53-27-31-14-10-9-11-15-31)40-34-25-35(48)41-43(5)21-18-36(55-39(50)20-24-57-56-23-19-38(49)46-52-8)29(3)33(43)17-22-44(41,6)45(34,7)26-37(40)54-30(4)47/h9-11,13-15,29,33-37,41,48H,12,16-27H2,1-8H3,(H,46,49)/b40-32-/t29-,33-,34-,35+,36+,37-,41-,43-,44-,45-/m0/s1. The minimum atomic E-state index is -0.632. The molecule has 0 bridgehead atoms. The molecule has 57 heavy (non-hydrogen) atoms. The number of hydroxylamine groups is 1. The lowest BCUT2D eigenvalue weighted by molar-refractivity contribution is -0.236. The second kappa shape index (κ2) is 19.5. The first-order valence-corrected chi connectivity index (χ1v) is 23.2. The van der Waals surface area contributed by atoms with Gasteiger partial charge in [-0.3, -0.25) is 19.2 Å². The molecule has 1 aromatic carbocycles. The number of esters is 3. The maximum atomic E-state index is 14.2. The lowest BCUT2D eigenvalue weighted by atomic mass is 9.36. The van der Waals surface area contributed by atoms with Crippen LogP contribution in [0.5, 0.6) is 0 Å². The Labute approximate surface area is 347 Å². The van der Waals surface area contributed by atoms with E-state index in [9.17, 15) is 24.3 Å². The predicted molar refractivity (Wildman–Crippen MR) is 224 cm³/mol. The fraction of sp³-hybridized carbons (Fsp3) is 0.689. The lowest BCUT2D eigenvalue weighted by Crippen LogP contribution is -2.65. The molecule has 4 saturated carbocycles. The van der Waals surface area contributed by atoms with Crippen molar-refractivity contribution in [1.29, 1.82) is 0 Å². The van der Waals surface area contributed by atoms with Gasteiger partial charge in [-0.25, -0.2) is 10.3 Å². The first-order valence-electron chi connectivity index (χ1n) is 20.7. The van der Waals surface area contributed by atoms with Crippen LogP contribution in [0.25, 0.3) is 0 Å². The molecule has 5 rings (SSSR count). The number of hydrogen-bond acceptors (Lipinski definition) is 11. The second-order valence-electron chi connectivity index (χ2n) is 17.7. The number of carbonyl (C=O) groups is 4. The van der Waals surface area contributed by atoms with Crippen LogP contribution < -0.4 is 5.48 Å². The summed E-state index contributed by atoms with van der Waals surface area (Å²) in [5.74, 6) is 0.284. The van der Waals surface area contributed by atoms with Crippen LogP contribution in [-0.2, 0) is 44.8 Å². The van der Waals surface area contributed by atoms with Crippen LogP contribution in [0.15, 0.2) is 53.1 Å². The SMILES string of the molecule is CONC(=O)CCSSCCC(=O)O[C@@H]1CC[C@@]2(C)[C@@H](CC[C@@]3(C)[C@H]2[C@H](O)C[C@H]2/C(=C(\CCC=C(C)C)C(=O)OCc4ccccc4)[C@@H](OC(C)=O)C[C@@]23C)[C@@H]1C. The smallest absolute Gasteiger partial charge is 0.334 e. The van der Waals surface area contributed by atoms with Crippen LogP contribution in [0.4, 0.5) is 0 Å². The molecule has 0 radical (unpaired) electrons. The number of aliphatic hydroxyl groups is 1. The van der Waals surface area contributed by atoms with Crippen molar-refractivity contribution in [3.63, 3.8) is 0 Å². The normalized spacial score (nSPS) is 33.8. The Balaban J connectivity index is 1.35. The molecule has 2 N–H and O–H groups in total. The van der Waals surface area contributed by atoms with Gasteiger partial charge in [0.25, 0.3) is 0 Å². The highest BCUT2D eigenvalue weighted by molar-refractivity contribution is 8.76. The van der Waals surface area contributed by atoms with Crippen molar-refractivity contribution in [1.82, 2.24) is 5.48 Å². The molecule has 1 amide bonds. The molecule has 0 heterocycles. The van der Waals surface area contributed by atoms with E-state index in [0.717, 1.165) is 42.4 Å². The molecule has 0 unspecified atom stereocenters. The Kier molecular flexibility index (Phi) is 15.5. The van der Waals surface area contributed by atoms with Gasteiger partial charge in [0.15, 0.2) is 0 Å². The summed E-state index contributed by atoms with van der Waals surface area (Å²) in [7, 11) is 4.52. The van der Waals surface area contributed by atoms with Gasteiger partial charge in [-0.2, -0.15) is 0 Å². The third kappa shape index (κ3) is 9.98. The van der Waals surface area contributed by atoms with Gasteiger partial charge in [0, 0.05) is 30.4 Å². The van der Waals surface area contributed by atoms with Gasteiger partial charge in [0.1, 0.15) is 18.8 Å². The van der Waals surface area contributed by atoms with E-state index in [2.05, 4.69) is 44.1 Å². The van der Waals surface area contributed by atoms with Gasteiger partial charge < -0.3 is 19.3 Å². The van der Waals surface area contributed by atoms with Crippen molar-refractivity contribution < 1.29 is 43.3 Å². The second-order valence-corrected chi connectivity index (χ2v) is 20.4. The van der Waals surface area contributed by atoms with E-state index >= 15 is 0 Å². The van der Waals surface area contributed by atoms with Gasteiger partial charge in [-0.1, -0.05) is 91.3 Å². The molecule has 10 nitrogen and oxygen atoms in total. The predicted octanol–water partition coefficient (Wildman–Crippen LogP) is 8.72. The third-order valence-electron chi connectivity index (χ3n) is 14.1. The molecule has 0 saturated heterocycles. The molecule has 316 valence electrons. The Hall–Kier alpha value is -2.80. The monoisotopic (exact) mass is 827 g/mol. The minimum Gasteiger partial charge on any atom is -0.462 e. The van der Waals surface area contributed by atoms with Gasteiger partial charge in [-0.05, 0) is 116 Å². The van der Waals surface area contributed by atoms with Crippen LogP contribution in [0.3, 0.4) is 0 Å². The van der Waals surface area contributed by atoms with Crippen molar-refractivity contribution in [3.8, 4) is 0 Å². The Morgan fingerprint density at radius 3 is 2.30 bits per heavy atom. The minimum absolute atomic E-state index is 0.0278. The summed E-state index contributed by atoms with van der Waals surface area (Å²) in [4.78, 5) is 56.2. The zero-order chi connectivity index (χ0) is 41.5. The molecule has 0 spiro atoms. The van der Waals surface area contributed by atoms with Gasteiger partial charge >= 0.3 is 17.9 Å². The number of rotatable bonds is 16. The Morgan fingerprint density at radius 1 is 0.930 bits per heavy atom. The van der Waals surface area contributed by atoms with Gasteiger partial charge in [-0.15, -0.1) is 0 Å². The number of ether oxygens (including phenoxy) is 3. The van der Waals surface area contributed by atoms with Crippen LogP contribution >= 0.6 is 21.6 Å². The molecule has 4 aliphatic rings. The van der Waals surface area contributed by atoms with E-state index in [1.165, 1.54) is 14.0 Å². The van der Waals surface area contributed by atoms with Crippen LogP contribution in [0.2, 0.25) is 0 Å². The first kappa shape index (κ1) is 45.3. The zero-order valence-corrected chi connectivity index (χ0v) is 36.9. The van der Waals surface area contributed by atoms with E-state index in [1.807, 2.05) is 44.2 Å². The van der Waals surface area contributed by atoms with E-state index in [4.69, 9.17) is 14.2 Å². The number of benzene rings is 1. The molecule has 12 heteroatoms. The fourth-order valence-electron chi connectivity index (χ4n) is 11.5. The Bertz CT molecular complexity index is 1660. The molecule has 1 aromatic rings. The first-order chi connectivity index (χ1) is 27.1. The highest BCUT2D eigenvalue weighted by Crippen LogP contribution is 2.74. The molecule has 0 aromatic heterocycles. The number of nitrogens with one attached hydrogen (secondary N) is 1. The number of aliphatic hydroxyl groups excluding tert-OH is 1. The lowest BCUT2D eigenvalue weighted by Gasteiger charge is -2.69. The third-order valence-corrected chi connectivity index (χ3v) is 16.5. The number of hydrogen-bond donors (Lipinski definition) is 2. The number of allylic oxidation sites excluding steroid dienone is 2. The summed E-state index contributed by atoms with van der Waals surface area (Å²) in [5, 5.41) is 12.5. The summed E-state index contributed by atoms with van der Waals surface area (Å²) < 4.78 is 18.3. The molecule has 0 aliphatic heterocycles. The van der Waals surface area contributed by atoms with Crippen molar-refractivity contribution in [2.75, 3.05) is 18.6 Å². The average Bonchev–Trinajstić information content (AvgIpc) is 3.42. The Morgan fingerprint density at radius 2 is 1.63 bits per heavy atom. The highest BCUT2D eigenvalue weighted by atomic mass is 33.1. The summed E-state index contributed by atoms with van der Waals surface area (Å²) in [6, 6.07) is 9.64. The van der Waals surface area contributed by atoms with E-state index < -0.39 is 12.2 Å². The molecular weight excluding hydrogens is 763 g/mol. The summed E-state index contributed by atoms with van der Waals surface area (Å²) in [5.41, 5.74) is 4.88. The molecular formula is C45H65NO9S2. The van der Waals surface area contributed by atoms with Crippen molar-refractivity contribution in [2.24, 2.45) is 39.9 Å². The highest BCUT2D eigenvalue weighted by Gasteiger charge is 2.71. The zero-order valence-electron chi connectivity index (χ0n) is 35.2. The molecule has 10 atom stereocenters. The average molecular weight is 828 g/mol. The van der Waals surface area contributed by atoms with Gasteiger partial charge in [0.2, 0.25) is 5.91 Å². The largest absolute Gasteiger partial charge is 0.462 e. The number of fused-ring (bicyclic) bond motifs is 5. The topological polar surface area (TPSA) is 137 Å². The fourth-order valence-corrected chi connectivity index (χ4v) is 13.5. The number of amides is 1. The summed E-state index contributed by atoms with van der Waals surface area (Å²) in [6.45, 7) is 14.9. The van der Waals surface area contributed by atoms with Crippen LogP contribution in [0.1, 0.15) is 118 Å². The number of carbonyl (C=O) groups excluding carboxylic acids is 4. The summed E-state index contributed by atoms with van der Waals surface area (Å²) in [6.07, 6.45) is 6.91. The van der Waals surface area contributed by atoms with Crippen molar-refractivity contribution in [2.45, 2.75) is 138 Å².